The molecule has 0 bridgehead atoms. The van der Waals surface area contributed by atoms with Crippen LogP contribution in [0.2, 0.25) is 0 Å². The molecule has 0 aromatic carbocycles. The Balaban J connectivity index is 2.26. The molecule has 1 saturated carbocycles. The summed E-state index contributed by atoms with van der Waals surface area (Å²) >= 11 is 0. The van der Waals surface area contributed by atoms with Crippen molar-refractivity contribution < 1.29 is 9.26 Å². The molecule has 0 amide bonds. The van der Waals surface area contributed by atoms with E-state index in [0.717, 1.165) is 19.3 Å². The van der Waals surface area contributed by atoms with E-state index < -0.39 is 0 Å². The van der Waals surface area contributed by atoms with Crippen molar-refractivity contribution in [1.29, 1.82) is 0 Å². The number of hydrogen-bond donors (Lipinski definition) is 1. The lowest BCUT2D eigenvalue weighted by molar-refractivity contribution is -0.0658. The highest BCUT2D eigenvalue weighted by atomic mass is 16.5. The molecule has 0 aliphatic heterocycles. The van der Waals surface area contributed by atoms with Crippen molar-refractivity contribution in [2.45, 2.75) is 51.2 Å². The zero-order valence-electron chi connectivity index (χ0n) is 10.8. The highest BCUT2D eigenvalue weighted by Gasteiger charge is 2.41. The molecule has 2 unspecified atom stereocenters. The first-order chi connectivity index (χ1) is 8.07. The molecule has 1 aliphatic carbocycles. The minimum Gasteiger partial charge on any atom is -0.370 e. The van der Waals surface area contributed by atoms with Crippen LogP contribution in [-0.2, 0) is 10.3 Å². The fourth-order valence-electron chi connectivity index (χ4n) is 2.59. The minimum absolute atomic E-state index is 0.230. The summed E-state index contributed by atoms with van der Waals surface area (Å²) in [5.41, 5.74) is 5.35. The zero-order valence-corrected chi connectivity index (χ0v) is 10.8. The standard InChI is InChI=1S/C12H21N3O2/c1-8-5-4-6-12(7-8,16-3)11-14-10(9(2)13)17-15-11/h8-9H,4-7,13H2,1-3H3/t8?,9-,12?/m0/s1. The van der Waals surface area contributed by atoms with Gasteiger partial charge in [0.25, 0.3) is 0 Å². The first-order valence-electron chi connectivity index (χ1n) is 6.22. The third-order valence-electron chi connectivity index (χ3n) is 3.59. The number of ether oxygens (including phenoxy) is 1. The number of hydrogen-bond acceptors (Lipinski definition) is 5. The van der Waals surface area contributed by atoms with Crippen molar-refractivity contribution in [3.05, 3.63) is 11.7 Å². The van der Waals surface area contributed by atoms with E-state index in [1.807, 2.05) is 6.92 Å². The molecule has 17 heavy (non-hydrogen) atoms. The van der Waals surface area contributed by atoms with Crippen LogP contribution < -0.4 is 5.73 Å². The number of rotatable bonds is 3. The highest BCUT2D eigenvalue weighted by Crippen LogP contribution is 2.41. The molecule has 0 saturated heterocycles. The highest BCUT2D eigenvalue weighted by molar-refractivity contribution is 5.05. The summed E-state index contributed by atoms with van der Waals surface area (Å²) in [4.78, 5) is 4.38. The monoisotopic (exact) mass is 239 g/mol. The molecule has 5 nitrogen and oxygen atoms in total. The maximum atomic E-state index is 5.73. The summed E-state index contributed by atoms with van der Waals surface area (Å²) < 4.78 is 10.9. The van der Waals surface area contributed by atoms with Gasteiger partial charge in [0, 0.05) is 7.11 Å². The van der Waals surface area contributed by atoms with E-state index in [2.05, 4.69) is 17.1 Å². The lowest BCUT2D eigenvalue weighted by Gasteiger charge is -2.36. The SMILES string of the molecule is COC1(c2noc([C@H](C)N)n2)CCCC(C)C1. The Labute approximate surface area is 102 Å². The van der Waals surface area contributed by atoms with Crippen molar-refractivity contribution in [2.75, 3.05) is 7.11 Å². The van der Waals surface area contributed by atoms with Crippen LogP contribution in [0.25, 0.3) is 0 Å². The average Bonchev–Trinajstić information content (AvgIpc) is 2.78. The van der Waals surface area contributed by atoms with Gasteiger partial charge in [0.1, 0.15) is 5.60 Å². The second-order valence-electron chi connectivity index (χ2n) is 5.14. The first-order valence-corrected chi connectivity index (χ1v) is 6.22. The second kappa shape index (κ2) is 4.74. The largest absolute Gasteiger partial charge is 0.370 e. The Morgan fingerprint density at radius 3 is 2.88 bits per heavy atom. The van der Waals surface area contributed by atoms with Gasteiger partial charge in [-0.15, -0.1) is 0 Å². The topological polar surface area (TPSA) is 74.2 Å². The Morgan fingerprint density at radius 2 is 2.35 bits per heavy atom. The van der Waals surface area contributed by atoms with Crippen LogP contribution in [0.15, 0.2) is 4.52 Å². The molecular weight excluding hydrogens is 218 g/mol. The van der Waals surface area contributed by atoms with Gasteiger partial charge in [-0.3, -0.25) is 0 Å². The van der Waals surface area contributed by atoms with Gasteiger partial charge in [0.15, 0.2) is 0 Å². The van der Waals surface area contributed by atoms with Gasteiger partial charge in [-0.1, -0.05) is 18.5 Å². The molecule has 1 fully saturated rings. The van der Waals surface area contributed by atoms with Crippen molar-refractivity contribution in [1.82, 2.24) is 10.1 Å². The molecule has 1 aromatic rings. The summed E-state index contributed by atoms with van der Waals surface area (Å²) in [5, 5.41) is 4.05. The van der Waals surface area contributed by atoms with Crippen LogP contribution in [0.5, 0.6) is 0 Å². The van der Waals surface area contributed by atoms with Crippen molar-refractivity contribution in [2.24, 2.45) is 11.7 Å². The number of aromatic nitrogens is 2. The molecule has 0 radical (unpaired) electrons. The smallest absolute Gasteiger partial charge is 0.243 e. The second-order valence-corrected chi connectivity index (χ2v) is 5.14. The summed E-state index contributed by atoms with van der Waals surface area (Å²) in [7, 11) is 1.72. The Kier molecular flexibility index (Phi) is 3.49. The van der Waals surface area contributed by atoms with Gasteiger partial charge < -0.3 is 15.0 Å². The third-order valence-corrected chi connectivity index (χ3v) is 3.59. The van der Waals surface area contributed by atoms with E-state index in [-0.39, 0.29) is 11.6 Å². The molecule has 1 heterocycles. The van der Waals surface area contributed by atoms with Crippen LogP contribution in [0.4, 0.5) is 0 Å². The van der Waals surface area contributed by atoms with E-state index in [4.69, 9.17) is 15.0 Å². The molecule has 0 spiro atoms. The zero-order chi connectivity index (χ0) is 12.5. The lowest BCUT2D eigenvalue weighted by atomic mass is 9.78. The van der Waals surface area contributed by atoms with Gasteiger partial charge in [0.05, 0.1) is 6.04 Å². The fraction of sp³-hybridized carbons (Fsp3) is 0.833. The van der Waals surface area contributed by atoms with Gasteiger partial charge in [-0.2, -0.15) is 4.98 Å². The van der Waals surface area contributed by atoms with Gasteiger partial charge in [-0.05, 0) is 32.1 Å². The molecule has 96 valence electrons. The van der Waals surface area contributed by atoms with E-state index in [1.54, 1.807) is 7.11 Å². The number of methoxy groups -OCH3 is 1. The fourth-order valence-corrected chi connectivity index (χ4v) is 2.59. The van der Waals surface area contributed by atoms with E-state index >= 15 is 0 Å². The normalized spacial score (nSPS) is 31.4. The molecule has 5 heteroatoms. The molecular formula is C12H21N3O2. The lowest BCUT2D eigenvalue weighted by Crippen LogP contribution is -2.35. The molecule has 2 rings (SSSR count). The van der Waals surface area contributed by atoms with Crippen LogP contribution in [0.1, 0.15) is 57.3 Å². The molecule has 1 aliphatic rings. The van der Waals surface area contributed by atoms with E-state index in [1.165, 1.54) is 6.42 Å². The molecule has 3 atom stereocenters. The number of nitrogens with zero attached hydrogens (tertiary/aromatic N) is 2. The summed E-state index contributed by atoms with van der Waals surface area (Å²) in [6, 6.07) is -0.230. The average molecular weight is 239 g/mol. The van der Waals surface area contributed by atoms with Crippen LogP contribution >= 0.6 is 0 Å². The Morgan fingerprint density at radius 1 is 1.59 bits per heavy atom. The summed E-state index contributed by atoms with van der Waals surface area (Å²) in [6.07, 6.45) is 4.27. The van der Waals surface area contributed by atoms with Gasteiger partial charge in [-0.25, -0.2) is 0 Å². The molecule has 2 N–H and O–H groups in total. The van der Waals surface area contributed by atoms with Gasteiger partial charge >= 0.3 is 0 Å². The quantitative estimate of drug-likeness (QED) is 0.874. The maximum Gasteiger partial charge on any atom is 0.243 e. The number of nitrogens with two attached hydrogens (primary N) is 1. The van der Waals surface area contributed by atoms with Crippen molar-refractivity contribution in [3.63, 3.8) is 0 Å². The van der Waals surface area contributed by atoms with E-state index in [0.29, 0.717) is 17.6 Å². The Hall–Kier alpha value is -0.940. The predicted molar refractivity (Wildman–Crippen MR) is 63.2 cm³/mol. The third kappa shape index (κ3) is 2.35. The van der Waals surface area contributed by atoms with Crippen LogP contribution in [-0.4, -0.2) is 17.3 Å². The van der Waals surface area contributed by atoms with Crippen molar-refractivity contribution in [3.8, 4) is 0 Å². The van der Waals surface area contributed by atoms with Gasteiger partial charge in [0.2, 0.25) is 11.7 Å². The van der Waals surface area contributed by atoms with Crippen LogP contribution in [0.3, 0.4) is 0 Å². The summed E-state index contributed by atoms with van der Waals surface area (Å²) in [6.45, 7) is 4.07. The molecule has 1 aromatic heterocycles. The maximum absolute atomic E-state index is 5.73. The van der Waals surface area contributed by atoms with Crippen LogP contribution in [0, 0.1) is 5.92 Å². The Bertz CT molecular complexity index is 378. The van der Waals surface area contributed by atoms with E-state index in [9.17, 15) is 0 Å². The summed E-state index contributed by atoms with van der Waals surface area (Å²) in [5.74, 6) is 1.76. The first kappa shape index (κ1) is 12.5. The van der Waals surface area contributed by atoms with Crippen molar-refractivity contribution >= 4 is 0 Å². The predicted octanol–water partition coefficient (Wildman–Crippen LogP) is 2.14. The minimum atomic E-state index is -0.381.